The van der Waals surface area contributed by atoms with E-state index in [0.29, 0.717) is 0 Å². The first-order chi connectivity index (χ1) is 16.4. The van der Waals surface area contributed by atoms with Crippen LogP contribution >= 0.6 is 0 Å². The van der Waals surface area contributed by atoms with Crippen LogP contribution in [0.3, 0.4) is 0 Å². The monoisotopic (exact) mass is 478 g/mol. The Bertz CT molecular complexity index is 494. The Balaban J connectivity index is 0.000000225. The number of piperidine rings is 2. The Morgan fingerprint density at radius 3 is 1.71 bits per heavy atom. The van der Waals surface area contributed by atoms with Crippen LogP contribution in [0, 0.1) is 29.6 Å². The molecule has 0 aromatic heterocycles. The van der Waals surface area contributed by atoms with Gasteiger partial charge in [-0.15, -0.1) is 0 Å². The Labute approximate surface area is 214 Å². The number of nitrogens with zero attached hydrogens (tertiary/aromatic N) is 3. The molecule has 0 bridgehead atoms. The highest BCUT2D eigenvalue weighted by molar-refractivity contribution is 4.82. The topological polar surface area (TPSA) is 21.8 Å². The van der Waals surface area contributed by atoms with Crippen LogP contribution in [0.25, 0.3) is 0 Å². The number of hydrogen-bond acceptors (Lipinski definition) is 4. The minimum Gasteiger partial charge on any atom is -0.317 e. The second-order valence-corrected chi connectivity index (χ2v) is 12.1. The minimum absolute atomic E-state index is 0.743. The highest BCUT2D eigenvalue weighted by Gasteiger charge is 2.27. The van der Waals surface area contributed by atoms with Crippen LogP contribution in [0.15, 0.2) is 0 Å². The molecule has 0 aromatic rings. The lowest BCUT2D eigenvalue weighted by molar-refractivity contribution is 0.127. The number of likely N-dealkylation sites (tertiary alicyclic amines) is 3. The van der Waals surface area contributed by atoms with E-state index in [1.165, 1.54) is 110 Å². The van der Waals surface area contributed by atoms with Crippen molar-refractivity contribution in [2.45, 2.75) is 99.5 Å². The van der Waals surface area contributed by atoms with Crippen molar-refractivity contribution in [3.63, 3.8) is 0 Å². The molecule has 4 nitrogen and oxygen atoms in total. The third-order valence-corrected chi connectivity index (χ3v) is 9.07. The molecule has 0 spiro atoms. The number of hydrogen-bond donors (Lipinski definition) is 1. The maximum atomic E-state index is 3.45. The molecule has 0 aromatic carbocycles. The van der Waals surface area contributed by atoms with E-state index in [4.69, 9.17) is 0 Å². The van der Waals surface area contributed by atoms with Crippen molar-refractivity contribution in [3.8, 4) is 0 Å². The molecule has 4 rings (SSSR count). The van der Waals surface area contributed by atoms with E-state index in [0.717, 1.165) is 35.6 Å². The van der Waals surface area contributed by atoms with Crippen LogP contribution in [0.2, 0.25) is 0 Å². The summed E-state index contributed by atoms with van der Waals surface area (Å²) < 4.78 is 0. The highest BCUT2D eigenvalue weighted by atomic mass is 15.2. The highest BCUT2D eigenvalue weighted by Crippen LogP contribution is 2.26. The Morgan fingerprint density at radius 2 is 1.21 bits per heavy atom. The quantitative estimate of drug-likeness (QED) is 0.497. The van der Waals surface area contributed by atoms with Crippen molar-refractivity contribution in [2.24, 2.45) is 29.6 Å². The molecule has 4 fully saturated rings. The Morgan fingerprint density at radius 1 is 0.676 bits per heavy atom. The summed E-state index contributed by atoms with van der Waals surface area (Å²) in [5.74, 6) is 4.78. The first-order valence-corrected chi connectivity index (χ1v) is 15.3. The molecule has 0 amide bonds. The summed E-state index contributed by atoms with van der Waals surface area (Å²) in [6, 6.07) is 0.743. The van der Waals surface area contributed by atoms with Gasteiger partial charge < -0.3 is 20.0 Å². The zero-order valence-corrected chi connectivity index (χ0v) is 24.3. The third-order valence-electron chi connectivity index (χ3n) is 9.07. The molecular formula is C30H62N4. The lowest BCUT2D eigenvalue weighted by Gasteiger charge is -2.36. The minimum atomic E-state index is 0.743. The van der Waals surface area contributed by atoms with E-state index < -0.39 is 0 Å². The largest absolute Gasteiger partial charge is 0.317 e. The molecule has 4 heterocycles. The summed E-state index contributed by atoms with van der Waals surface area (Å²) in [5.41, 5.74) is 0. The van der Waals surface area contributed by atoms with Crippen molar-refractivity contribution < 1.29 is 0 Å². The van der Waals surface area contributed by atoms with Gasteiger partial charge >= 0.3 is 0 Å². The van der Waals surface area contributed by atoms with Gasteiger partial charge in [-0.2, -0.15) is 0 Å². The summed E-state index contributed by atoms with van der Waals surface area (Å²) in [4.78, 5) is 8.07. The third kappa shape index (κ3) is 10.4. The second-order valence-electron chi connectivity index (χ2n) is 12.1. The van der Waals surface area contributed by atoms with Gasteiger partial charge in [-0.3, -0.25) is 0 Å². The summed E-state index contributed by atoms with van der Waals surface area (Å²) in [5, 5.41) is 3.45. The molecule has 4 heteroatoms. The van der Waals surface area contributed by atoms with Crippen LogP contribution in [0.1, 0.15) is 93.4 Å². The zero-order chi connectivity index (χ0) is 24.9. The predicted molar refractivity (Wildman–Crippen MR) is 151 cm³/mol. The van der Waals surface area contributed by atoms with Gasteiger partial charge in [-0.05, 0) is 121 Å². The molecule has 0 saturated carbocycles. The number of rotatable bonds is 7. The maximum Gasteiger partial charge on any atom is 0.00385 e. The van der Waals surface area contributed by atoms with E-state index in [9.17, 15) is 0 Å². The van der Waals surface area contributed by atoms with Crippen molar-refractivity contribution in [1.82, 2.24) is 20.0 Å². The van der Waals surface area contributed by atoms with Crippen LogP contribution < -0.4 is 5.32 Å². The summed E-state index contributed by atoms with van der Waals surface area (Å²) >= 11 is 0. The van der Waals surface area contributed by atoms with Gasteiger partial charge in [0.1, 0.15) is 0 Å². The first-order valence-electron chi connectivity index (χ1n) is 15.3. The fourth-order valence-electron chi connectivity index (χ4n) is 6.43. The van der Waals surface area contributed by atoms with Gasteiger partial charge in [0.15, 0.2) is 0 Å². The number of nitrogens with one attached hydrogen (secondary N) is 1. The van der Waals surface area contributed by atoms with E-state index in [2.05, 4.69) is 54.6 Å². The molecule has 0 radical (unpaired) electrons. The molecule has 1 N–H and O–H groups in total. The van der Waals surface area contributed by atoms with Gasteiger partial charge in [0, 0.05) is 32.2 Å². The first kappa shape index (κ1) is 30.1. The standard InChI is InChI=1S/C15H30N2.C13H26N2.C2H6/c1-4-14-5-8-16(11-14)12-15-6-9-17(10-7-15)13(2)3;1-11(2)13-5-8-15(10-13)9-12-3-6-14-7-4-12;1-2/h13-15H,4-12H2,1-3H3;11-14H,3-10H2,1-2H3;1-2H3/t14-;;/m1../s1. The summed E-state index contributed by atoms with van der Waals surface area (Å²) in [6.45, 7) is 29.1. The van der Waals surface area contributed by atoms with Gasteiger partial charge in [-0.25, -0.2) is 0 Å². The molecule has 4 aliphatic rings. The molecule has 202 valence electrons. The smallest absolute Gasteiger partial charge is 0.00385 e. The van der Waals surface area contributed by atoms with Crippen LogP contribution in [-0.2, 0) is 0 Å². The van der Waals surface area contributed by atoms with E-state index in [1.807, 2.05) is 13.8 Å². The lowest BCUT2D eigenvalue weighted by Crippen LogP contribution is -2.41. The predicted octanol–water partition coefficient (Wildman–Crippen LogP) is 5.83. The molecule has 1 unspecified atom stereocenters. The molecular weight excluding hydrogens is 416 g/mol. The average molecular weight is 479 g/mol. The maximum absolute atomic E-state index is 3.45. The van der Waals surface area contributed by atoms with Gasteiger partial charge in [0.2, 0.25) is 0 Å². The van der Waals surface area contributed by atoms with Crippen molar-refractivity contribution in [1.29, 1.82) is 0 Å². The van der Waals surface area contributed by atoms with Crippen molar-refractivity contribution in [3.05, 3.63) is 0 Å². The van der Waals surface area contributed by atoms with Crippen molar-refractivity contribution >= 4 is 0 Å². The normalized spacial score (nSPS) is 28.1. The molecule has 0 aliphatic carbocycles. The van der Waals surface area contributed by atoms with E-state index >= 15 is 0 Å². The van der Waals surface area contributed by atoms with E-state index in [-0.39, 0.29) is 0 Å². The van der Waals surface area contributed by atoms with Gasteiger partial charge in [-0.1, -0.05) is 41.0 Å². The summed E-state index contributed by atoms with van der Waals surface area (Å²) in [6.07, 6.45) is 9.88. The average Bonchev–Trinajstić information content (AvgIpc) is 3.51. The van der Waals surface area contributed by atoms with Gasteiger partial charge in [0.05, 0.1) is 0 Å². The fraction of sp³-hybridized carbons (Fsp3) is 1.00. The van der Waals surface area contributed by atoms with E-state index in [1.54, 1.807) is 0 Å². The van der Waals surface area contributed by atoms with Crippen LogP contribution in [-0.4, -0.2) is 86.2 Å². The lowest BCUT2D eigenvalue weighted by atomic mass is 9.95. The van der Waals surface area contributed by atoms with Gasteiger partial charge in [0.25, 0.3) is 0 Å². The Hall–Kier alpha value is -0.160. The molecule has 4 saturated heterocycles. The fourth-order valence-corrected chi connectivity index (χ4v) is 6.43. The zero-order valence-electron chi connectivity index (χ0n) is 24.3. The molecule has 2 atom stereocenters. The summed E-state index contributed by atoms with van der Waals surface area (Å²) in [7, 11) is 0. The molecule has 34 heavy (non-hydrogen) atoms. The van der Waals surface area contributed by atoms with Crippen LogP contribution in [0.4, 0.5) is 0 Å². The second kappa shape index (κ2) is 16.6. The Kier molecular flexibility index (Phi) is 14.6. The van der Waals surface area contributed by atoms with Crippen molar-refractivity contribution in [2.75, 3.05) is 65.4 Å². The molecule has 4 aliphatic heterocycles. The van der Waals surface area contributed by atoms with Crippen LogP contribution in [0.5, 0.6) is 0 Å². The SMILES string of the molecule is CC.CC(C)C1CCN(CC2CCNCC2)C1.CC[C@@H]1CCN(CC2CCN(C(C)C)CC2)C1.